The van der Waals surface area contributed by atoms with E-state index in [-0.39, 0.29) is 5.56 Å². The molecule has 0 aliphatic rings. The van der Waals surface area contributed by atoms with Crippen molar-refractivity contribution in [3.05, 3.63) is 107 Å². The first-order chi connectivity index (χ1) is 13.1. The number of hydrogen-bond acceptors (Lipinski definition) is 2. The average Bonchev–Trinajstić information content (AvgIpc) is 2.69. The molecule has 3 N–H and O–H groups in total. The van der Waals surface area contributed by atoms with E-state index >= 15 is 0 Å². The minimum absolute atomic E-state index is 0.136. The molecule has 136 valence electrons. The van der Waals surface area contributed by atoms with E-state index in [1.165, 1.54) is 18.2 Å². The summed E-state index contributed by atoms with van der Waals surface area (Å²) >= 11 is 0. The minimum atomic E-state index is -1.04. The molecule has 4 nitrogen and oxygen atoms in total. The summed E-state index contributed by atoms with van der Waals surface area (Å²) in [6.07, 6.45) is 0. The van der Waals surface area contributed by atoms with Gasteiger partial charge in [0.05, 0.1) is 5.56 Å². The molecule has 0 aliphatic carbocycles. The van der Waals surface area contributed by atoms with Gasteiger partial charge < -0.3 is 11.1 Å². The van der Waals surface area contributed by atoms with Crippen LogP contribution >= 0.6 is 0 Å². The molecule has 3 rings (SSSR count). The van der Waals surface area contributed by atoms with Crippen LogP contribution < -0.4 is 11.1 Å². The monoisotopic (exact) mass is 362 g/mol. The fourth-order valence-corrected chi connectivity index (χ4v) is 3.08. The molecular formula is C22H19FN2O2. The molecule has 3 aromatic rings. The fraction of sp³-hybridized carbons (Fsp3) is 0.0909. The SMILES string of the molecule is NC(=O)[C@@H](NC(=O)c1ccccc1F)C(c1ccccc1)c1ccccc1. The molecule has 0 radical (unpaired) electrons. The van der Waals surface area contributed by atoms with Gasteiger partial charge in [0.2, 0.25) is 5.91 Å². The van der Waals surface area contributed by atoms with E-state index in [9.17, 15) is 14.0 Å². The van der Waals surface area contributed by atoms with Gasteiger partial charge in [-0.2, -0.15) is 0 Å². The lowest BCUT2D eigenvalue weighted by atomic mass is 9.84. The topological polar surface area (TPSA) is 72.2 Å². The number of nitrogens with two attached hydrogens (primary N) is 1. The second kappa shape index (κ2) is 8.27. The Morgan fingerprint density at radius 1 is 0.778 bits per heavy atom. The highest BCUT2D eigenvalue weighted by atomic mass is 19.1. The van der Waals surface area contributed by atoms with Gasteiger partial charge in [-0.15, -0.1) is 0 Å². The average molecular weight is 362 g/mol. The fourth-order valence-electron chi connectivity index (χ4n) is 3.08. The van der Waals surface area contributed by atoms with E-state index in [2.05, 4.69) is 5.32 Å². The lowest BCUT2D eigenvalue weighted by Crippen LogP contribution is -2.48. The zero-order valence-electron chi connectivity index (χ0n) is 14.5. The van der Waals surface area contributed by atoms with Crippen molar-refractivity contribution in [3.63, 3.8) is 0 Å². The van der Waals surface area contributed by atoms with E-state index < -0.39 is 29.6 Å². The van der Waals surface area contributed by atoms with Crippen LogP contribution in [0.4, 0.5) is 4.39 Å². The normalized spacial score (nSPS) is 11.8. The molecule has 0 spiro atoms. The maximum absolute atomic E-state index is 14.0. The molecule has 0 saturated carbocycles. The summed E-state index contributed by atoms with van der Waals surface area (Å²) in [7, 11) is 0. The van der Waals surface area contributed by atoms with Crippen LogP contribution in [-0.4, -0.2) is 17.9 Å². The van der Waals surface area contributed by atoms with Crippen LogP contribution in [0.1, 0.15) is 27.4 Å². The standard InChI is InChI=1S/C22H19FN2O2/c23-18-14-8-7-13-17(18)22(27)25-20(21(24)26)19(15-9-3-1-4-10-15)16-11-5-2-6-12-16/h1-14,19-20H,(H2,24,26)(H,25,27)/t20-/m0/s1. The lowest BCUT2D eigenvalue weighted by molar-refractivity contribution is -0.120. The van der Waals surface area contributed by atoms with Gasteiger partial charge in [-0.1, -0.05) is 72.8 Å². The Kier molecular flexibility index (Phi) is 5.61. The number of primary amides is 1. The van der Waals surface area contributed by atoms with Gasteiger partial charge in [0.15, 0.2) is 0 Å². The van der Waals surface area contributed by atoms with Crippen molar-refractivity contribution in [3.8, 4) is 0 Å². The molecule has 1 atom stereocenters. The quantitative estimate of drug-likeness (QED) is 0.707. The number of benzene rings is 3. The highest BCUT2D eigenvalue weighted by Gasteiger charge is 2.31. The Labute approximate surface area is 156 Å². The molecule has 0 aliphatic heterocycles. The van der Waals surface area contributed by atoms with Gasteiger partial charge >= 0.3 is 0 Å². The smallest absolute Gasteiger partial charge is 0.254 e. The second-order valence-electron chi connectivity index (χ2n) is 6.13. The highest BCUT2D eigenvalue weighted by molar-refractivity contribution is 5.98. The predicted molar refractivity (Wildman–Crippen MR) is 102 cm³/mol. The number of rotatable bonds is 6. The van der Waals surface area contributed by atoms with Gasteiger partial charge in [-0.3, -0.25) is 9.59 Å². The van der Waals surface area contributed by atoms with Crippen molar-refractivity contribution in [2.24, 2.45) is 5.73 Å². The Morgan fingerprint density at radius 2 is 1.26 bits per heavy atom. The first-order valence-electron chi connectivity index (χ1n) is 8.52. The molecule has 2 amide bonds. The number of carbonyl (C=O) groups excluding carboxylic acids is 2. The molecule has 27 heavy (non-hydrogen) atoms. The maximum Gasteiger partial charge on any atom is 0.254 e. The maximum atomic E-state index is 14.0. The first-order valence-corrected chi connectivity index (χ1v) is 8.52. The van der Waals surface area contributed by atoms with Gasteiger partial charge in [-0.05, 0) is 23.3 Å². The zero-order chi connectivity index (χ0) is 19.2. The van der Waals surface area contributed by atoms with E-state index in [1.807, 2.05) is 60.7 Å². The molecule has 0 heterocycles. The van der Waals surface area contributed by atoms with Crippen molar-refractivity contribution in [1.29, 1.82) is 0 Å². The van der Waals surface area contributed by atoms with Crippen LogP contribution in [-0.2, 0) is 4.79 Å². The molecule has 0 unspecified atom stereocenters. The third-order valence-corrected chi connectivity index (χ3v) is 4.36. The van der Waals surface area contributed by atoms with Gasteiger partial charge in [0.25, 0.3) is 5.91 Å². The Balaban J connectivity index is 2.00. The summed E-state index contributed by atoms with van der Waals surface area (Å²) in [5.41, 5.74) is 7.14. The molecule has 0 saturated heterocycles. The third-order valence-electron chi connectivity index (χ3n) is 4.36. The molecule has 0 fully saturated rings. The van der Waals surface area contributed by atoms with Crippen LogP contribution in [0.5, 0.6) is 0 Å². The van der Waals surface area contributed by atoms with Crippen molar-refractivity contribution >= 4 is 11.8 Å². The van der Waals surface area contributed by atoms with Crippen molar-refractivity contribution in [1.82, 2.24) is 5.32 Å². The highest BCUT2D eigenvalue weighted by Crippen LogP contribution is 2.28. The summed E-state index contributed by atoms with van der Waals surface area (Å²) in [5, 5.41) is 2.62. The third kappa shape index (κ3) is 4.20. The molecule has 3 aromatic carbocycles. The summed E-state index contributed by atoms with van der Waals surface area (Å²) in [6.45, 7) is 0. The zero-order valence-corrected chi connectivity index (χ0v) is 14.5. The van der Waals surface area contributed by atoms with E-state index in [1.54, 1.807) is 6.07 Å². The van der Waals surface area contributed by atoms with Crippen LogP contribution in [0.15, 0.2) is 84.9 Å². The molecule has 5 heteroatoms. The van der Waals surface area contributed by atoms with Crippen LogP contribution in [0.2, 0.25) is 0 Å². The largest absolute Gasteiger partial charge is 0.368 e. The number of carbonyl (C=O) groups is 2. The van der Waals surface area contributed by atoms with E-state index in [0.717, 1.165) is 11.1 Å². The van der Waals surface area contributed by atoms with Crippen molar-refractivity contribution in [2.45, 2.75) is 12.0 Å². The number of hydrogen-bond donors (Lipinski definition) is 2. The van der Waals surface area contributed by atoms with Crippen LogP contribution in [0, 0.1) is 5.82 Å². The van der Waals surface area contributed by atoms with Crippen LogP contribution in [0.25, 0.3) is 0 Å². The predicted octanol–water partition coefficient (Wildman–Crippen LogP) is 3.24. The number of amides is 2. The number of halogens is 1. The molecule has 0 bridgehead atoms. The van der Waals surface area contributed by atoms with Crippen molar-refractivity contribution in [2.75, 3.05) is 0 Å². The summed E-state index contributed by atoms with van der Waals surface area (Å²) < 4.78 is 14.0. The minimum Gasteiger partial charge on any atom is -0.368 e. The van der Waals surface area contributed by atoms with Gasteiger partial charge in [0.1, 0.15) is 11.9 Å². The summed E-state index contributed by atoms with van der Waals surface area (Å²) in [5.74, 6) is -2.54. The molecule has 0 aromatic heterocycles. The van der Waals surface area contributed by atoms with Gasteiger partial charge in [-0.25, -0.2) is 4.39 Å². The Morgan fingerprint density at radius 3 is 1.74 bits per heavy atom. The van der Waals surface area contributed by atoms with Gasteiger partial charge in [0, 0.05) is 5.92 Å². The van der Waals surface area contributed by atoms with E-state index in [0.29, 0.717) is 0 Å². The van der Waals surface area contributed by atoms with Crippen molar-refractivity contribution < 1.29 is 14.0 Å². The summed E-state index contributed by atoms with van der Waals surface area (Å²) in [4.78, 5) is 24.8. The lowest BCUT2D eigenvalue weighted by Gasteiger charge is -2.27. The number of nitrogens with one attached hydrogen (secondary N) is 1. The summed E-state index contributed by atoms with van der Waals surface area (Å²) in [6, 6.07) is 23.2. The van der Waals surface area contributed by atoms with Crippen LogP contribution in [0.3, 0.4) is 0 Å². The van der Waals surface area contributed by atoms with E-state index in [4.69, 9.17) is 5.73 Å². The first kappa shape index (κ1) is 18.3. The Bertz CT molecular complexity index is 890. The second-order valence-corrected chi connectivity index (χ2v) is 6.13. The Hall–Kier alpha value is -3.47. The molecular weight excluding hydrogens is 343 g/mol.